The van der Waals surface area contributed by atoms with Gasteiger partial charge in [-0.1, -0.05) is 24.3 Å². The van der Waals surface area contributed by atoms with E-state index in [1.807, 2.05) is 31.2 Å². The molecule has 3 aromatic rings. The maximum atomic E-state index is 11.7. The Morgan fingerprint density at radius 2 is 1.88 bits per heavy atom. The van der Waals surface area contributed by atoms with E-state index >= 15 is 0 Å². The number of esters is 1. The molecule has 0 unspecified atom stereocenters. The molecule has 1 fully saturated rings. The van der Waals surface area contributed by atoms with E-state index in [9.17, 15) is 9.90 Å². The molecular weight excluding hydrogens is 408 g/mol. The van der Waals surface area contributed by atoms with Crippen LogP contribution in [-0.2, 0) is 9.47 Å². The molecule has 0 amide bonds. The van der Waals surface area contributed by atoms with E-state index in [4.69, 9.17) is 15.2 Å². The summed E-state index contributed by atoms with van der Waals surface area (Å²) >= 11 is 0. The molecule has 0 bridgehead atoms. The van der Waals surface area contributed by atoms with Gasteiger partial charge in [-0.3, -0.25) is 0 Å². The van der Waals surface area contributed by atoms with E-state index in [2.05, 4.69) is 22.0 Å². The van der Waals surface area contributed by atoms with E-state index in [1.165, 1.54) is 7.11 Å². The molecule has 4 rings (SSSR count). The molecule has 2 heterocycles. The van der Waals surface area contributed by atoms with Crippen LogP contribution in [0, 0.1) is 0 Å². The van der Waals surface area contributed by atoms with Gasteiger partial charge in [0.25, 0.3) is 0 Å². The van der Waals surface area contributed by atoms with Crippen molar-refractivity contribution in [1.29, 1.82) is 0 Å². The molecule has 3 atom stereocenters. The van der Waals surface area contributed by atoms with Crippen LogP contribution in [0.25, 0.3) is 11.3 Å². The second-order valence-corrected chi connectivity index (χ2v) is 7.85. The van der Waals surface area contributed by atoms with Crippen molar-refractivity contribution < 1.29 is 19.4 Å². The predicted octanol–water partition coefficient (Wildman–Crippen LogP) is 3.57. The van der Waals surface area contributed by atoms with Gasteiger partial charge < -0.3 is 25.2 Å². The summed E-state index contributed by atoms with van der Waals surface area (Å²) in [6.07, 6.45) is -0.316. The first-order valence-electron chi connectivity index (χ1n) is 10.4. The number of nitrogens with two attached hydrogens (primary N) is 1. The maximum Gasteiger partial charge on any atom is 0.337 e. The summed E-state index contributed by atoms with van der Waals surface area (Å²) in [5.41, 5.74) is 9.52. The Morgan fingerprint density at radius 3 is 2.56 bits per heavy atom. The monoisotopic (exact) mass is 434 g/mol. The minimum absolute atomic E-state index is 0.0318. The highest BCUT2D eigenvalue weighted by atomic mass is 16.5. The van der Waals surface area contributed by atoms with Crippen molar-refractivity contribution in [3.8, 4) is 17.0 Å². The molecular formula is C24H26N4O4. The number of nitrogen functional groups attached to an aromatic ring is 1. The lowest BCUT2D eigenvalue weighted by atomic mass is 10.0. The van der Waals surface area contributed by atoms with E-state index in [1.54, 1.807) is 30.3 Å². The smallest absolute Gasteiger partial charge is 0.337 e. The van der Waals surface area contributed by atoms with E-state index in [-0.39, 0.29) is 30.0 Å². The van der Waals surface area contributed by atoms with Gasteiger partial charge in [-0.2, -0.15) is 0 Å². The number of carbonyl (C=O) groups excluding carboxylic acids is 1. The summed E-state index contributed by atoms with van der Waals surface area (Å²) in [5, 5.41) is 18.6. The number of phenols is 1. The Labute approximate surface area is 186 Å². The Balaban J connectivity index is 1.66. The van der Waals surface area contributed by atoms with Crippen LogP contribution in [0.2, 0.25) is 0 Å². The maximum absolute atomic E-state index is 11.7. The van der Waals surface area contributed by atoms with E-state index in [0.717, 1.165) is 11.3 Å². The molecule has 3 N–H and O–H groups in total. The number of hydrogen-bond donors (Lipinski definition) is 2. The second-order valence-electron chi connectivity index (χ2n) is 7.85. The molecule has 8 heteroatoms. The zero-order chi connectivity index (χ0) is 22.8. The average molecular weight is 434 g/mol. The number of benzene rings is 2. The molecule has 8 nitrogen and oxygen atoms in total. The zero-order valence-corrected chi connectivity index (χ0v) is 18.2. The standard InChI is InChI=1S/C24H26N4O4/c1-14-15(2)32-22(16-8-10-17(11-9-16)24(30)31-3)13-28(14)20-12-19(26-27-23(20)25)18-6-4-5-7-21(18)29/h4-12,14-15,22,29H,13H2,1-3H3,(H2,25,27)/t14-,15+,22+/m1/s1. The largest absolute Gasteiger partial charge is 0.507 e. The van der Waals surface area contributed by atoms with Crippen LogP contribution in [0.1, 0.15) is 35.9 Å². The van der Waals surface area contributed by atoms with Gasteiger partial charge in [0.1, 0.15) is 11.9 Å². The van der Waals surface area contributed by atoms with Gasteiger partial charge in [-0.25, -0.2) is 4.79 Å². The molecule has 0 radical (unpaired) electrons. The number of aromatic hydroxyl groups is 1. The van der Waals surface area contributed by atoms with Crippen molar-refractivity contribution in [2.45, 2.75) is 32.1 Å². The van der Waals surface area contributed by atoms with Crippen molar-refractivity contribution in [2.24, 2.45) is 0 Å². The summed E-state index contributed by atoms with van der Waals surface area (Å²) < 4.78 is 11.0. The number of rotatable bonds is 4. The van der Waals surface area contributed by atoms with E-state index < -0.39 is 0 Å². The topological polar surface area (TPSA) is 111 Å². The minimum atomic E-state index is -0.378. The van der Waals surface area contributed by atoms with Gasteiger partial charge in [0.05, 0.1) is 36.2 Å². The minimum Gasteiger partial charge on any atom is -0.507 e. The fraction of sp³-hybridized carbons (Fsp3) is 0.292. The molecule has 1 aliphatic heterocycles. The highest BCUT2D eigenvalue weighted by molar-refractivity contribution is 5.89. The summed E-state index contributed by atoms with van der Waals surface area (Å²) in [6, 6.07) is 16.1. The summed E-state index contributed by atoms with van der Waals surface area (Å²) in [5.74, 6) is 0.0615. The molecule has 1 aliphatic rings. The van der Waals surface area contributed by atoms with Crippen molar-refractivity contribution >= 4 is 17.5 Å². The number of para-hydroxylation sites is 1. The van der Waals surface area contributed by atoms with Crippen LogP contribution in [0.15, 0.2) is 54.6 Å². The molecule has 1 aromatic heterocycles. The number of aromatic nitrogens is 2. The van der Waals surface area contributed by atoms with Gasteiger partial charge in [0, 0.05) is 12.1 Å². The Morgan fingerprint density at radius 1 is 1.16 bits per heavy atom. The van der Waals surface area contributed by atoms with Crippen LogP contribution in [0.4, 0.5) is 11.5 Å². The zero-order valence-electron chi connectivity index (χ0n) is 18.2. The van der Waals surface area contributed by atoms with E-state index in [0.29, 0.717) is 29.2 Å². The first-order chi connectivity index (χ1) is 15.4. The van der Waals surface area contributed by atoms with Crippen LogP contribution in [-0.4, -0.2) is 47.1 Å². The summed E-state index contributed by atoms with van der Waals surface area (Å²) in [6.45, 7) is 4.63. The second kappa shape index (κ2) is 8.84. The molecule has 1 saturated heterocycles. The Hall–Kier alpha value is -3.65. The third-order valence-corrected chi connectivity index (χ3v) is 5.91. The van der Waals surface area contributed by atoms with Crippen molar-refractivity contribution in [3.05, 3.63) is 65.7 Å². The number of morpholine rings is 1. The molecule has 0 saturated carbocycles. The summed E-state index contributed by atoms with van der Waals surface area (Å²) in [7, 11) is 1.36. The normalized spacial score (nSPS) is 20.7. The number of methoxy groups -OCH3 is 1. The van der Waals surface area contributed by atoms with Crippen molar-refractivity contribution in [2.75, 3.05) is 24.3 Å². The van der Waals surface area contributed by atoms with Gasteiger partial charge in [0.15, 0.2) is 5.82 Å². The van der Waals surface area contributed by atoms with Crippen LogP contribution >= 0.6 is 0 Å². The fourth-order valence-corrected chi connectivity index (χ4v) is 3.91. The first kappa shape index (κ1) is 21.6. The highest BCUT2D eigenvalue weighted by Gasteiger charge is 2.34. The third kappa shape index (κ3) is 4.09. The van der Waals surface area contributed by atoms with Crippen LogP contribution in [0.3, 0.4) is 0 Å². The number of nitrogens with zero attached hydrogens (tertiary/aromatic N) is 3. The van der Waals surface area contributed by atoms with Crippen LogP contribution < -0.4 is 10.6 Å². The first-order valence-corrected chi connectivity index (χ1v) is 10.4. The number of ether oxygens (including phenoxy) is 2. The SMILES string of the molecule is COC(=O)c1ccc([C@@H]2CN(c3cc(-c4ccccc4O)nnc3N)[C@H](C)[C@H](C)O2)cc1. The number of anilines is 2. The average Bonchev–Trinajstić information content (AvgIpc) is 2.81. The van der Waals surface area contributed by atoms with Crippen LogP contribution in [0.5, 0.6) is 5.75 Å². The molecule has 0 spiro atoms. The quantitative estimate of drug-likeness (QED) is 0.600. The van der Waals surface area contributed by atoms with Gasteiger partial charge >= 0.3 is 5.97 Å². The predicted molar refractivity (Wildman–Crippen MR) is 121 cm³/mol. The van der Waals surface area contributed by atoms with Gasteiger partial charge in [-0.05, 0) is 49.7 Å². The Kier molecular flexibility index (Phi) is 5.96. The molecule has 2 aromatic carbocycles. The lowest BCUT2D eigenvalue weighted by Crippen LogP contribution is -2.50. The number of phenolic OH excluding ortho intramolecular Hbond substituents is 1. The van der Waals surface area contributed by atoms with Crippen molar-refractivity contribution in [1.82, 2.24) is 10.2 Å². The summed E-state index contributed by atoms with van der Waals surface area (Å²) in [4.78, 5) is 13.9. The third-order valence-electron chi connectivity index (χ3n) is 5.91. The number of carbonyl (C=O) groups is 1. The lowest BCUT2D eigenvalue weighted by molar-refractivity contribution is -0.0372. The molecule has 32 heavy (non-hydrogen) atoms. The van der Waals surface area contributed by atoms with Gasteiger partial charge in [0.2, 0.25) is 0 Å². The van der Waals surface area contributed by atoms with Gasteiger partial charge in [-0.15, -0.1) is 10.2 Å². The number of hydrogen-bond acceptors (Lipinski definition) is 8. The van der Waals surface area contributed by atoms with Crippen molar-refractivity contribution in [3.63, 3.8) is 0 Å². The fourth-order valence-electron chi connectivity index (χ4n) is 3.91. The molecule has 0 aliphatic carbocycles. The highest BCUT2D eigenvalue weighted by Crippen LogP contribution is 2.37. The Bertz CT molecular complexity index is 1120. The molecule has 166 valence electrons. The lowest BCUT2D eigenvalue weighted by Gasteiger charge is -2.43.